The Morgan fingerprint density at radius 3 is 2.79 bits per heavy atom. The van der Waals surface area contributed by atoms with Crippen molar-refractivity contribution >= 4 is 29.0 Å². The van der Waals surface area contributed by atoms with Crippen LogP contribution in [0, 0.1) is 0 Å². The lowest BCUT2D eigenvalue weighted by molar-refractivity contribution is -0.121. The van der Waals surface area contributed by atoms with Gasteiger partial charge in [-0.05, 0) is 47.7 Å². The number of hydrogen-bond acceptors (Lipinski definition) is 5. The number of carbonyl (C=O) groups is 2. The molecule has 1 aromatic heterocycles. The second-order valence-electron chi connectivity index (χ2n) is 5.56. The molecule has 0 saturated heterocycles. The number of benzene rings is 1. The van der Waals surface area contributed by atoms with Crippen LogP contribution in [0.2, 0.25) is 0 Å². The number of ether oxygens (including phenoxy) is 1. The highest BCUT2D eigenvalue weighted by molar-refractivity contribution is 7.10. The minimum Gasteiger partial charge on any atom is -0.497 e. The Morgan fingerprint density at radius 1 is 1.25 bits per heavy atom. The number of hydrogen-bond donors (Lipinski definition) is 2. The molecule has 3 rings (SSSR count). The first kappa shape index (κ1) is 16.5. The third kappa shape index (κ3) is 4.12. The maximum atomic E-state index is 12.0. The van der Waals surface area contributed by atoms with Crippen molar-refractivity contribution in [3.05, 3.63) is 46.2 Å². The van der Waals surface area contributed by atoms with E-state index < -0.39 is 6.03 Å². The Labute approximate surface area is 144 Å². The van der Waals surface area contributed by atoms with Crippen molar-refractivity contribution in [2.75, 3.05) is 25.5 Å². The van der Waals surface area contributed by atoms with E-state index in [1.807, 2.05) is 4.90 Å². The Bertz CT molecular complexity index is 727. The number of anilines is 1. The molecule has 0 fully saturated rings. The third-order valence-electron chi connectivity index (χ3n) is 3.85. The van der Waals surface area contributed by atoms with Crippen LogP contribution in [-0.2, 0) is 17.8 Å². The second-order valence-corrected chi connectivity index (χ2v) is 6.56. The standard InChI is InChI=1S/C17H19N3O3S/c1-23-14-4-2-13(3-5-14)18-17(22)19-16(21)11-20-8-6-15-12(10-20)7-9-24-15/h2-5,7,9H,6,8,10-11H2,1H3,(H2,18,19,21,22). The van der Waals surface area contributed by atoms with Gasteiger partial charge in [0, 0.05) is 23.7 Å². The van der Waals surface area contributed by atoms with Crippen LogP contribution in [-0.4, -0.2) is 37.0 Å². The van der Waals surface area contributed by atoms with Crippen LogP contribution in [0.1, 0.15) is 10.4 Å². The Hall–Kier alpha value is -2.38. The minimum atomic E-state index is -0.529. The number of rotatable bonds is 4. The van der Waals surface area contributed by atoms with Crippen molar-refractivity contribution in [1.82, 2.24) is 10.2 Å². The van der Waals surface area contributed by atoms with E-state index in [2.05, 4.69) is 22.1 Å². The van der Waals surface area contributed by atoms with Crippen molar-refractivity contribution < 1.29 is 14.3 Å². The number of nitrogens with zero attached hydrogens (tertiary/aromatic N) is 1. The Kier molecular flexibility index (Phi) is 5.12. The molecule has 1 aromatic carbocycles. The van der Waals surface area contributed by atoms with Gasteiger partial charge in [-0.2, -0.15) is 0 Å². The fourth-order valence-electron chi connectivity index (χ4n) is 2.65. The molecule has 0 aliphatic carbocycles. The number of amides is 3. The van der Waals surface area contributed by atoms with Crippen LogP contribution in [0.5, 0.6) is 5.75 Å². The average molecular weight is 345 g/mol. The first-order chi connectivity index (χ1) is 11.6. The summed E-state index contributed by atoms with van der Waals surface area (Å²) in [6.45, 7) is 1.80. The molecule has 126 valence electrons. The van der Waals surface area contributed by atoms with Gasteiger partial charge in [0.05, 0.1) is 13.7 Å². The van der Waals surface area contributed by atoms with Crippen LogP contribution < -0.4 is 15.4 Å². The number of imide groups is 1. The van der Waals surface area contributed by atoms with Crippen molar-refractivity contribution in [2.24, 2.45) is 0 Å². The summed E-state index contributed by atoms with van der Waals surface area (Å²) >= 11 is 1.76. The van der Waals surface area contributed by atoms with Gasteiger partial charge in [0.15, 0.2) is 0 Å². The minimum absolute atomic E-state index is 0.214. The molecule has 1 aliphatic rings. The zero-order valence-electron chi connectivity index (χ0n) is 13.4. The quantitative estimate of drug-likeness (QED) is 0.893. The van der Waals surface area contributed by atoms with Crippen molar-refractivity contribution in [3.63, 3.8) is 0 Å². The summed E-state index contributed by atoms with van der Waals surface area (Å²) in [7, 11) is 1.58. The Balaban J connectivity index is 1.47. The van der Waals surface area contributed by atoms with Gasteiger partial charge in [0.1, 0.15) is 5.75 Å². The topological polar surface area (TPSA) is 70.7 Å². The number of methoxy groups -OCH3 is 1. The summed E-state index contributed by atoms with van der Waals surface area (Å²) in [4.78, 5) is 27.4. The molecule has 7 heteroatoms. The molecule has 6 nitrogen and oxygen atoms in total. The molecule has 3 amide bonds. The maximum absolute atomic E-state index is 12.0. The highest BCUT2D eigenvalue weighted by Crippen LogP contribution is 2.23. The molecule has 0 unspecified atom stereocenters. The summed E-state index contributed by atoms with van der Waals surface area (Å²) in [6.07, 6.45) is 0.957. The van der Waals surface area contributed by atoms with E-state index in [0.717, 1.165) is 19.5 Å². The van der Waals surface area contributed by atoms with E-state index >= 15 is 0 Å². The molecule has 2 aromatic rings. The fraction of sp³-hybridized carbons (Fsp3) is 0.294. The predicted molar refractivity (Wildman–Crippen MR) is 93.5 cm³/mol. The molecule has 0 bridgehead atoms. The number of fused-ring (bicyclic) bond motifs is 1. The number of nitrogens with one attached hydrogen (secondary N) is 2. The van der Waals surface area contributed by atoms with Gasteiger partial charge in [-0.15, -0.1) is 11.3 Å². The summed E-state index contributed by atoms with van der Waals surface area (Å²) in [5, 5.41) is 7.07. The van der Waals surface area contributed by atoms with E-state index in [9.17, 15) is 9.59 Å². The van der Waals surface area contributed by atoms with Crippen LogP contribution in [0.4, 0.5) is 10.5 Å². The predicted octanol–water partition coefficient (Wildman–Crippen LogP) is 2.46. The lowest BCUT2D eigenvalue weighted by Crippen LogP contribution is -2.43. The van der Waals surface area contributed by atoms with Crippen LogP contribution >= 0.6 is 11.3 Å². The number of urea groups is 1. The number of carbonyl (C=O) groups excluding carboxylic acids is 2. The first-order valence-electron chi connectivity index (χ1n) is 7.66. The maximum Gasteiger partial charge on any atom is 0.325 e. The third-order valence-corrected chi connectivity index (χ3v) is 4.88. The second kappa shape index (κ2) is 7.46. The highest BCUT2D eigenvalue weighted by Gasteiger charge is 2.20. The van der Waals surface area contributed by atoms with Crippen LogP contribution in [0.25, 0.3) is 0 Å². The molecule has 2 heterocycles. The average Bonchev–Trinajstić information content (AvgIpc) is 3.03. The number of thiophene rings is 1. The molecule has 0 saturated carbocycles. The van der Waals surface area contributed by atoms with Gasteiger partial charge >= 0.3 is 6.03 Å². The van der Waals surface area contributed by atoms with Crippen LogP contribution in [0.15, 0.2) is 35.7 Å². The van der Waals surface area contributed by atoms with Gasteiger partial charge < -0.3 is 10.1 Å². The largest absolute Gasteiger partial charge is 0.497 e. The molecule has 0 radical (unpaired) electrons. The van der Waals surface area contributed by atoms with Crippen molar-refractivity contribution in [2.45, 2.75) is 13.0 Å². The normalized spacial score (nSPS) is 13.9. The smallest absolute Gasteiger partial charge is 0.325 e. The van der Waals surface area contributed by atoms with Gasteiger partial charge in [0.2, 0.25) is 5.91 Å². The highest BCUT2D eigenvalue weighted by atomic mass is 32.1. The molecule has 2 N–H and O–H groups in total. The van der Waals surface area contributed by atoms with E-state index in [0.29, 0.717) is 11.4 Å². The molecular formula is C17H19N3O3S. The lowest BCUT2D eigenvalue weighted by Gasteiger charge is -2.25. The molecular weight excluding hydrogens is 326 g/mol. The summed E-state index contributed by atoms with van der Waals surface area (Å²) in [6, 6.07) is 8.48. The zero-order chi connectivity index (χ0) is 16.9. The summed E-state index contributed by atoms with van der Waals surface area (Å²) in [5.41, 5.74) is 1.88. The van der Waals surface area contributed by atoms with E-state index in [1.165, 1.54) is 10.4 Å². The van der Waals surface area contributed by atoms with Gasteiger partial charge in [-0.3, -0.25) is 15.0 Å². The summed E-state index contributed by atoms with van der Waals surface area (Å²) in [5.74, 6) is 0.398. The summed E-state index contributed by atoms with van der Waals surface area (Å²) < 4.78 is 5.06. The molecule has 24 heavy (non-hydrogen) atoms. The van der Waals surface area contributed by atoms with E-state index in [1.54, 1.807) is 42.7 Å². The van der Waals surface area contributed by atoms with E-state index in [-0.39, 0.29) is 12.5 Å². The van der Waals surface area contributed by atoms with Crippen LogP contribution in [0.3, 0.4) is 0 Å². The van der Waals surface area contributed by atoms with Gasteiger partial charge in [-0.25, -0.2) is 4.79 Å². The van der Waals surface area contributed by atoms with E-state index in [4.69, 9.17) is 4.74 Å². The first-order valence-corrected chi connectivity index (χ1v) is 8.54. The monoisotopic (exact) mass is 345 g/mol. The molecule has 0 spiro atoms. The molecule has 1 aliphatic heterocycles. The van der Waals surface area contributed by atoms with Gasteiger partial charge in [0.25, 0.3) is 0 Å². The lowest BCUT2D eigenvalue weighted by atomic mass is 10.1. The Morgan fingerprint density at radius 2 is 2.04 bits per heavy atom. The SMILES string of the molecule is COc1ccc(NC(=O)NC(=O)CN2CCc3sccc3C2)cc1. The van der Waals surface area contributed by atoms with Crippen molar-refractivity contribution in [3.8, 4) is 5.75 Å². The fourth-order valence-corrected chi connectivity index (χ4v) is 3.54. The molecule has 0 atom stereocenters. The van der Waals surface area contributed by atoms with Gasteiger partial charge in [-0.1, -0.05) is 0 Å². The zero-order valence-corrected chi connectivity index (χ0v) is 14.2. The van der Waals surface area contributed by atoms with Crippen molar-refractivity contribution in [1.29, 1.82) is 0 Å².